The molecule has 1 aliphatic heterocycles. The van der Waals surface area contributed by atoms with Crippen LogP contribution in [0.4, 0.5) is 8.78 Å². The van der Waals surface area contributed by atoms with E-state index < -0.39 is 11.6 Å². The van der Waals surface area contributed by atoms with Crippen molar-refractivity contribution in [2.75, 3.05) is 13.1 Å². The number of rotatable bonds is 3. The molecule has 0 unspecified atom stereocenters. The lowest BCUT2D eigenvalue weighted by Crippen LogP contribution is -2.41. The van der Waals surface area contributed by atoms with Crippen LogP contribution in [-0.4, -0.2) is 39.1 Å². The summed E-state index contributed by atoms with van der Waals surface area (Å²) in [4.78, 5) is 22.7. The largest absolute Gasteiger partial charge is 0.336 e. The molecule has 7 heteroatoms. The van der Waals surface area contributed by atoms with E-state index in [1.807, 2.05) is 6.92 Å². The van der Waals surface area contributed by atoms with Crippen LogP contribution >= 0.6 is 11.8 Å². The second kappa shape index (κ2) is 7.25. The summed E-state index contributed by atoms with van der Waals surface area (Å²) in [6, 6.07) is 5.25. The zero-order chi connectivity index (χ0) is 17.1. The van der Waals surface area contributed by atoms with Crippen molar-refractivity contribution in [1.29, 1.82) is 0 Å². The first-order chi connectivity index (χ1) is 11.5. The number of likely N-dealkylation sites (tertiary alicyclic amines) is 1. The normalized spacial score (nSPS) is 17.8. The molecule has 0 aliphatic carbocycles. The van der Waals surface area contributed by atoms with E-state index in [9.17, 15) is 13.6 Å². The van der Waals surface area contributed by atoms with Gasteiger partial charge in [0.15, 0.2) is 0 Å². The predicted octanol–water partition coefficient (Wildman–Crippen LogP) is 3.46. The number of hydrogen-bond acceptors (Lipinski definition) is 4. The Morgan fingerprint density at radius 3 is 2.88 bits per heavy atom. The number of aryl methyl sites for hydroxylation is 1. The van der Waals surface area contributed by atoms with Crippen molar-refractivity contribution < 1.29 is 13.6 Å². The number of carbonyl (C=O) groups is 1. The molecule has 0 radical (unpaired) electrons. The van der Waals surface area contributed by atoms with E-state index in [0.717, 1.165) is 24.6 Å². The van der Waals surface area contributed by atoms with Crippen LogP contribution in [0, 0.1) is 18.6 Å². The van der Waals surface area contributed by atoms with Gasteiger partial charge in [-0.05, 0) is 38.0 Å². The highest BCUT2D eigenvalue weighted by atomic mass is 32.2. The Hall–Kier alpha value is -2.02. The maximum Gasteiger partial charge on any atom is 0.272 e. The minimum absolute atomic E-state index is 0.0746. The summed E-state index contributed by atoms with van der Waals surface area (Å²) in [5.74, 6) is -1.28. The molecule has 0 spiro atoms. The van der Waals surface area contributed by atoms with Gasteiger partial charge in [-0.25, -0.2) is 18.7 Å². The van der Waals surface area contributed by atoms with Crippen LogP contribution in [0.2, 0.25) is 0 Å². The molecule has 4 nitrogen and oxygen atoms in total. The molecular weight excluding hydrogens is 332 g/mol. The zero-order valence-electron chi connectivity index (χ0n) is 13.2. The van der Waals surface area contributed by atoms with Gasteiger partial charge in [-0.1, -0.05) is 0 Å². The Morgan fingerprint density at radius 1 is 1.29 bits per heavy atom. The van der Waals surface area contributed by atoms with Crippen LogP contribution < -0.4 is 0 Å². The van der Waals surface area contributed by atoms with Crippen molar-refractivity contribution in [2.45, 2.75) is 29.9 Å². The monoisotopic (exact) mass is 349 g/mol. The van der Waals surface area contributed by atoms with Crippen LogP contribution in [0.5, 0.6) is 0 Å². The van der Waals surface area contributed by atoms with Crippen molar-refractivity contribution in [3.8, 4) is 0 Å². The maximum absolute atomic E-state index is 13.8. The Bertz CT molecular complexity index is 756. The number of aromatic nitrogens is 2. The fraction of sp³-hybridized carbons (Fsp3) is 0.353. The van der Waals surface area contributed by atoms with Gasteiger partial charge in [0.05, 0.1) is 0 Å². The van der Waals surface area contributed by atoms with E-state index >= 15 is 0 Å². The number of carbonyl (C=O) groups excluding carboxylic acids is 1. The van der Waals surface area contributed by atoms with Crippen LogP contribution in [-0.2, 0) is 0 Å². The van der Waals surface area contributed by atoms with E-state index in [2.05, 4.69) is 9.97 Å². The topological polar surface area (TPSA) is 46.1 Å². The van der Waals surface area contributed by atoms with Gasteiger partial charge in [0.2, 0.25) is 0 Å². The molecule has 0 saturated carbocycles. The summed E-state index contributed by atoms with van der Waals surface area (Å²) in [6.07, 6.45) is 3.11. The third-order valence-corrected chi connectivity index (χ3v) is 5.18. The molecule has 3 rings (SSSR count). The van der Waals surface area contributed by atoms with Gasteiger partial charge in [0.25, 0.3) is 5.91 Å². The molecule has 1 aromatic carbocycles. The predicted molar refractivity (Wildman–Crippen MR) is 87.9 cm³/mol. The number of thioether (sulfide) groups is 1. The quantitative estimate of drug-likeness (QED) is 0.851. The Labute approximate surface area is 143 Å². The fourth-order valence-corrected chi connectivity index (χ4v) is 3.92. The number of piperidine rings is 1. The van der Waals surface area contributed by atoms with E-state index in [1.54, 1.807) is 11.0 Å². The fourth-order valence-electron chi connectivity index (χ4n) is 2.70. The number of amides is 1. The third-order valence-electron chi connectivity index (χ3n) is 3.88. The summed E-state index contributed by atoms with van der Waals surface area (Å²) >= 11 is 1.35. The van der Waals surface area contributed by atoms with Gasteiger partial charge in [-0.3, -0.25) is 4.79 Å². The number of benzene rings is 1. The molecule has 126 valence electrons. The summed E-state index contributed by atoms with van der Waals surface area (Å²) in [6.45, 7) is 2.98. The van der Waals surface area contributed by atoms with E-state index in [-0.39, 0.29) is 11.2 Å². The summed E-state index contributed by atoms with van der Waals surface area (Å²) in [5.41, 5.74) is 1.12. The van der Waals surface area contributed by atoms with Crippen molar-refractivity contribution in [3.05, 3.63) is 53.6 Å². The van der Waals surface area contributed by atoms with Gasteiger partial charge in [0.1, 0.15) is 23.7 Å². The zero-order valence-corrected chi connectivity index (χ0v) is 14.0. The van der Waals surface area contributed by atoms with Gasteiger partial charge in [-0.2, -0.15) is 0 Å². The lowest BCUT2D eigenvalue weighted by molar-refractivity contribution is 0.0722. The van der Waals surface area contributed by atoms with Crippen molar-refractivity contribution in [1.82, 2.24) is 14.9 Å². The minimum Gasteiger partial charge on any atom is -0.336 e. The molecule has 2 aromatic rings. The first kappa shape index (κ1) is 16.8. The van der Waals surface area contributed by atoms with Crippen molar-refractivity contribution in [3.63, 3.8) is 0 Å². The maximum atomic E-state index is 13.8. The van der Waals surface area contributed by atoms with Crippen LogP contribution in [0.3, 0.4) is 0 Å². The van der Waals surface area contributed by atoms with Crippen LogP contribution in [0.15, 0.2) is 35.5 Å². The molecule has 1 saturated heterocycles. The Kier molecular flexibility index (Phi) is 5.08. The highest BCUT2D eigenvalue weighted by Crippen LogP contribution is 2.31. The molecular formula is C17H17F2N3OS. The second-order valence-electron chi connectivity index (χ2n) is 5.75. The van der Waals surface area contributed by atoms with E-state index in [0.29, 0.717) is 23.7 Å². The van der Waals surface area contributed by atoms with Gasteiger partial charge >= 0.3 is 0 Å². The SMILES string of the molecule is Cc1cc(C(=O)N2CCC[C@H](Sc3ccc(F)cc3F)C2)ncn1. The average molecular weight is 349 g/mol. The lowest BCUT2D eigenvalue weighted by atomic mass is 10.1. The Morgan fingerprint density at radius 2 is 2.12 bits per heavy atom. The Balaban J connectivity index is 1.69. The molecule has 1 amide bonds. The smallest absolute Gasteiger partial charge is 0.272 e. The highest BCUT2D eigenvalue weighted by molar-refractivity contribution is 8.00. The van der Waals surface area contributed by atoms with Crippen LogP contribution in [0.25, 0.3) is 0 Å². The molecule has 2 heterocycles. The molecule has 0 N–H and O–H groups in total. The third kappa shape index (κ3) is 3.90. The van der Waals surface area contributed by atoms with Gasteiger partial charge < -0.3 is 4.90 Å². The molecule has 1 atom stereocenters. The van der Waals surface area contributed by atoms with Crippen LogP contribution in [0.1, 0.15) is 29.0 Å². The first-order valence-electron chi connectivity index (χ1n) is 7.72. The van der Waals surface area contributed by atoms with E-state index in [4.69, 9.17) is 0 Å². The first-order valence-corrected chi connectivity index (χ1v) is 8.60. The summed E-state index contributed by atoms with van der Waals surface area (Å²) in [5, 5.41) is 0.0746. The minimum atomic E-state index is -0.587. The van der Waals surface area contributed by atoms with E-state index in [1.165, 1.54) is 30.2 Å². The lowest BCUT2D eigenvalue weighted by Gasteiger charge is -2.32. The highest BCUT2D eigenvalue weighted by Gasteiger charge is 2.26. The molecule has 1 aliphatic rings. The summed E-state index contributed by atoms with van der Waals surface area (Å²) < 4.78 is 26.8. The number of halogens is 2. The van der Waals surface area contributed by atoms with Crippen molar-refractivity contribution >= 4 is 17.7 Å². The number of nitrogens with zero attached hydrogens (tertiary/aromatic N) is 3. The van der Waals surface area contributed by atoms with Crippen molar-refractivity contribution in [2.24, 2.45) is 0 Å². The average Bonchev–Trinajstić information content (AvgIpc) is 2.57. The van der Waals surface area contributed by atoms with Gasteiger partial charge in [0, 0.05) is 35.0 Å². The molecule has 24 heavy (non-hydrogen) atoms. The second-order valence-corrected chi connectivity index (χ2v) is 7.09. The molecule has 1 aromatic heterocycles. The number of hydrogen-bond donors (Lipinski definition) is 0. The van der Waals surface area contributed by atoms with Gasteiger partial charge in [-0.15, -0.1) is 11.8 Å². The molecule has 1 fully saturated rings. The molecule has 0 bridgehead atoms. The summed E-state index contributed by atoms with van der Waals surface area (Å²) in [7, 11) is 0. The standard InChI is InChI=1S/C17H17F2N3OS/c1-11-7-15(21-10-20-11)17(23)22-6-2-3-13(9-22)24-16-5-4-12(18)8-14(16)19/h4-5,7-8,10,13H,2-3,6,9H2,1H3/t13-/m0/s1.